The van der Waals surface area contributed by atoms with Gasteiger partial charge in [-0.3, -0.25) is 9.59 Å². The summed E-state index contributed by atoms with van der Waals surface area (Å²) in [6.45, 7) is 3.52. The Morgan fingerprint density at radius 1 is 1.12 bits per heavy atom. The molecule has 0 saturated heterocycles. The normalized spacial score (nSPS) is 13.1. The molecule has 0 aliphatic carbocycles. The maximum Gasteiger partial charge on any atom is 0.277 e. The van der Waals surface area contributed by atoms with E-state index in [9.17, 15) is 9.59 Å². The van der Waals surface area contributed by atoms with E-state index in [0.717, 1.165) is 30.8 Å². The van der Waals surface area contributed by atoms with Gasteiger partial charge in [-0.1, -0.05) is 13.3 Å². The van der Waals surface area contributed by atoms with E-state index < -0.39 is 5.91 Å². The number of nitrogens with zero attached hydrogens (tertiary/aromatic N) is 3. The number of amides is 2. The number of nitrogens with one attached hydrogen (secondary N) is 1. The molecule has 2 amide bonds. The predicted molar refractivity (Wildman–Crippen MR) is 124 cm³/mol. The molecule has 3 aromatic rings. The first kappa shape index (κ1) is 21.4. The predicted octanol–water partition coefficient (Wildman–Crippen LogP) is 3.39. The average Bonchev–Trinajstić information content (AvgIpc) is 3.21. The van der Waals surface area contributed by atoms with E-state index in [2.05, 4.69) is 17.3 Å². The summed E-state index contributed by atoms with van der Waals surface area (Å²) < 4.78 is 6.72. The Kier molecular flexibility index (Phi) is 6.11. The van der Waals surface area contributed by atoms with Gasteiger partial charge in [-0.05, 0) is 61.4 Å². The van der Waals surface area contributed by atoms with Gasteiger partial charge >= 0.3 is 0 Å². The maximum absolute atomic E-state index is 13.5. The number of carbonyl (C=O) groups excluding carboxylic acids is 2. The van der Waals surface area contributed by atoms with Gasteiger partial charge in [0.05, 0.1) is 12.8 Å². The van der Waals surface area contributed by atoms with E-state index >= 15 is 0 Å². The van der Waals surface area contributed by atoms with Crippen molar-refractivity contribution in [3.63, 3.8) is 0 Å². The topological polar surface area (TPSA) is 102 Å². The van der Waals surface area contributed by atoms with E-state index in [4.69, 9.17) is 10.5 Å². The molecule has 0 atom stereocenters. The van der Waals surface area contributed by atoms with Gasteiger partial charge in [-0.25, -0.2) is 4.68 Å². The van der Waals surface area contributed by atoms with Crippen molar-refractivity contribution in [3.05, 3.63) is 65.5 Å². The number of carbonyl (C=O) groups is 2. The fourth-order valence-electron chi connectivity index (χ4n) is 3.88. The number of primary amides is 1. The van der Waals surface area contributed by atoms with Crippen molar-refractivity contribution in [2.24, 2.45) is 5.73 Å². The van der Waals surface area contributed by atoms with Gasteiger partial charge in [-0.2, -0.15) is 5.10 Å². The van der Waals surface area contributed by atoms with Crippen LogP contribution < -0.4 is 20.7 Å². The first-order valence-corrected chi connectivity index (χ1v) is 10.8. The molecular formula is C24H27N5O3. The van der Waals surface area contributed by atoms with E-state index in [0.29, 0.717) is 35.7 Å². The molecule has 0 bridgehead atoms. The summed E-state index contributed by atoms with van der Waals surface area (Å²) in [5.74, 6) is -0.170. The standard InChI is InChI=1S/C24H27N5O3/c1-3-4-14-26-16-5-7-17(8-6-16)28-15-13-20-21(23(25)30)27-29(22(20)24(28)31)18-9-11-19(32-2)12-10-18/h5-12,26H,3-4,13-15H2,1-2H3,(H2,25,30). The zero-order valence-corrected chi connectivity index (χ0v) is 18.3. The van der Waals surface area contributed by atoms with Gasteiger partial charge in [0.15, 0.2) is 5.69 Å². The molecule has 2 heterocycles. The molecule has 0 spiro atoms. The van der Waals surface area contributed by atoms with Crippen molar-refractivity contribution in [1.82, 2.24) is 9.78 Å². The van der Waals surface area contributed by atoms with Crippen LogP contribution >= 0.6 is 0 Å². The molecule has 0 fully saturated rings. The highest BCUT2D eigenvalue weighted by molar-refractivity contribution is 6.09. The molecule has 1 aliphatic heterocycles. The zero-order chi connectivity index (χ0) is 22.7. The van der Waals surface area contributed by atoms with Crippen molar-refractivity contribution < 1.29 is 14.3 Å². The van der Waals surface area contributed by atoms with Crippen molar-refractivity contribution in [1.29, 1.82) is 0 Å². The van der Waals surface area contributed by atoms with Crippen LogP contribution in [0.15, 0.2) is 48.5 Å². The highest BCUT2D eigenvalue weighted by Gasteiger charge is 2.34. The van der Waals surface area contributed by atoms with Crippen LogP contribution in [0.3, 0.4) is 0 Å². The number of aromatic nitrogens is 2. The maximum atomic E-state index is 13.5. The monoisotopic (exact) mass is 433 g/mol. The third-order valence-corrected chi connectivity index (χ3v) is 5.61. The third-order valence-electron chi connectivity index (χ3n) is 5.61. The Hall–Kier alpha value is -3.81. The second-order valence-electron chi connectivity index (χ2n) is 7.68. The largest absolute Gasteiger partial charge is 0.497 e. The Morgan fingerprint density at radius 2 is 1.81 bits per heavy atom. The number of unbranched alkanes of at least 4 members (excludes halogenated alkanes) is 1. The van der Waals surface area contributed by atoms with Gasteiger partial charge < -0.3 is 20.7 Å². The highest BCUT2D eigenvalue weighted by atomic mass is 16.5. The number of hydrogen-bond acceptors (Lipinski definition) is 5. The number of methoxy groups -OCH3 is 1. The Morgan fingerprint density at radius 3 is 2.44 bits per heavy atom. The van der Waals surface area contributed by atoms with E-state index in [1.54, 1.807) is 36.3 Å². The van der Waals surface area contributed by atoms with Crippen molar-refractivity contribution in [2.45, 2.75) is 26.2 Å². The van der Waals surface area contributed by atoms with E-state index in [1.807, 2.05) is 24.3 Å². The number of benzene rings is 2. The van der Waals surface area contributed by atoms with Gasteiger partial charge in [0.2, 0.25) is 0 Å². The Bertz CT molecular complexity index is 1120. The fraction of sp³-hybridized carbons (Fsp3) is 0.292. The van der Waals surface area contributed by atoms with Crippen LogP contribution in [0, 0.1) is 0 Å². The van der Waals surface area contributed by atoms with Crippen molar-refractivity contribution in [2.75, 3.05) is 30.4 Å². The quantitative estimate of drug-likeness (QED) is 0.530. The van der Waals surface area contributed by atoms with Crippen LogP contribution in [-0.4, -0.2) is 41.8 Å². The molecule has 8 nitrogen and oxygen atoms in total. The SMILES string of the molecule is CCCCNc1ccc(N2CCc3c(C(N)=O)nn(-c4ccc(OC)cc4)c3C2=O)cc1. The number of fused-ring (bicyclic) bond motifs is 1. The lowest BCUT2D eigenvalue weighted by Crippen LogP contribution is -2.39. The third kappa shape index (κ3) is 4.03. The van der Waals surface area contributed by atoms with Crippen LogP contribution in [0.5, 0.6) is 5.75 Å². The summed E-state index contributed by atoms with van der Waals surface area (Å²) in [5.41, 5.74) is 9.13. The molecule has 1 aromatic heterocycles. The molecule has 4 rings (SSSR count). The average molecular weight is 434 g/mol. The summed E-state index contributed by atoms with van der Waals surface area (Å²) >= 11 is 0. The van der Waals surface area contributed by atoms with Crippen molar-refractivity contribution >= 4 is 23.2 Å². The van der Waals surface area contributed by atoms with Gasteiger partial charge in [-0.15, -0.1) is 0 Å². The Balaban J connectivity index is 1.67. The molecule has 0 unspecified atom stereocenters. The summed E-state index contributed by atoms with van der Waals surface area (Å²) in [6.07, 6.45) is 2.73. The number of anilines is 2. The summed E-state index contributed by atoms with van der Waals surface area (Å²) in [4.78, 5) is 27.3. The second-order valence-corrected chi connectivity index (χ2v) is 7.68. The van der Waals surface area contributed by atoms with Crippen LogP contribution in [0.4, 0.5) is 11.4 Å². The minimum atomic E-state index is -0.641. The highest BCUT2D eigenvalue weighted by Crippen LogP contribution is 2.29. The van der Waals surface area contributed by atoms with Crippen LogP contribution in [0.2, 0.25) is 0 Å². The number of rotatable bonds is 8. The number of nitrogens with two attached hydrogens (primary N) is 1. The zero-order valence-electron chi connectivity index (χ0n) is 18.3. The lowest BCUT2D eigenvalue weighted by atomic mass is 10.0. The molecule has 1 aliphatic rings. The molecule has 3 N–H and O–H groups in total. The molecule has 2 aromatic carbocycles. The van der Waals surface area contributed by atoms with Crippen LogP contribution in [0.1, 0.15) is 46.3 Å². The van der Waals surface area contributed by atoms with E-state index in [-0.39, 0.29) is 11.6 Å². The summed E-state index contributed by atoms with van der Waals surface area (Å²) in [5, 5.41) is 7.77. The molecule has 32 heavy (non-hydrogen) atoms. The summed E-state index contributed by atoms with van der Waals surface area (Å²) in [7, 11) is 1.59. The van der Waals surface area contributed by atoms with E-state index in [1.165, 1.54) is 4.68 Å². The molecule has 8 heteroatoms. The molecular weight excluding hydrogens is 406 g/mol. The smallest absolute Gasteiger partial charge is 0.277 e. The van der Waals surface area contributed by atoms with Crippen molar-refractivity contribution in [3.8, 4) is 11.4 Å². The van der Waals surface area contributed by atoms with Gasteiger partial charge in [0, 0.05) is 30.0 Å². The minimum Gasteiger partial charge on any atom is -0.497 e. The molecule has 0 saturated carbocycles. The lowest BCUT2D eigenvalue weighted by Gasteiger charge is -2.28. The van der Waals surface area contributed by atoms with Crippen LogP contribution in [0.25, 0.3) is 5.69 Å². The number of ether oxygens (including phenoxy) is 1. The Labute approximate surface area is 187 Å². The minimum absolute atomic E-state index is 0.138. The van der Waals surface area contributed by atoms with Crippen LogP contribution in [-0.2, 0) is 6.42 Å². The number of hydrogen-bond donors (Lipinski definition) is 2. The molecule has 0 radical (unpaired) electrons. The van der Waals surface area contributed by atoms with Gasteiger partial charge in [0.1, 0.15) is 11.4 Å². The summed E-state index contributed by atoms with van der Waals surface area (Å²) in [6, 6.07) is 15.0. The van der Waals surface area contributed by atoms with Gasteiger partial charge in [0.25, 0.3) is 11.8 Å². The fourth-order valence-corrected chi connectivity index (χ4v) is 3.88. The first-order valence-electron chi connectivity index (χ1n) is 10.8. The lowest BCUT2D eigenvalue weighted by molar-refractivity contribution is 0.0972. The second kappa shape index (κ2) is 9.13. The molecule has 166 valence electrons. The first-order chi connectivity index (χ1) is 15.5.